The van der Waals surface area contributed by atoms with Gasteiger partial charge in [0.15, 0.2) is 5.82 Å². The average Bonchev–Trinajstić information content (AvgIpc) is 2.40. The van der Waals surface area contributed by atoms with E-state index in [-0.39, 0.29) is 0 Å². The van der Waals surface area contributed by atoms with Gasteiger partial charge in [-0.2, -0.15) is 4.63 Å². The van der Waals surface area contributed by atoms with E-state index in [4.69, 9.17) is 0 Å². The number of rotatable bonds is 4. The Labute approximate surface area is 121 Å². The summed E-state index contributed by atoms with van der Waals surface area (Å²) in [7, 11) is 0. The number of nitrogens with zero attached hydrogens (tertiary/aromatic N) is 3. The summed E-state index contributed by atoms with van der Waals surface area (Å²) in [5.74, 6) is 0.358. The van der Waals surface area contributed by atoms with E-state index in [2.05, 4.69) is 18.9 Å². The van der Waals surface area contributed by atoms with Crippen molar-refractivity contribution < 1.29 is 8.78 Å². The molecule has 0 fully saturated rings. The van der Waals surface area contributed by atoms with Crippen LogP contribution in [0.15, 0.2) is 36.7 Å². The third-order valence-electron chi connectivity index (χ3n) is 3.58. The zero-order valence-electron chi connectivity index (χ0n) is 12.1. The molecule has 0 N–H and O–H groups in total. The van der Waals surface area contributed by atoms with Gasteiger partial charge in [-0.25, -0.2) is 13.3 Å². The monoisotopic (exact) mass is 289 g/mol. The second kappa shape index (κ2) is 5.31. The topological polar surface area (TPSA) is 21.7 Å². The van der Waals surface area contributed by atoms with Gasteiger partial charge in [-0.1, -0.05) is 19.9 Å². The lowest BCUT2D eigenvalue weighted by Gasteiger charge is -2.17. The molecule has 1 aromatic carbocycles. The summed E-state index contributed by atoms with van der Waals surface area (Å²) in [6.45, 7) is 4.19. The molecule has 21 heavy (non-hydrogen) atoms. The summed E-state index contributed by atoms with van der Waals surface area (Å²) < 4.78 is 30.3. The van der Waals surface area contributed by atoms with Gasteiger partial charge >= 0.3 is 0 Å². The fraction of sp³-hybridized carbons (Fsp3) is 0.312. The molecule has 0 bridgehead atoms. The van der Waals surface area contributed by atoms with Gasteiger partial charge in [0.25, 0.3) is 0 Å². The van der Waals surface area contributed by atoms with Crippen LogP contribution in [0.4, 0.5) is 8.78 Å². The minimum absolute atomic E-state index is 0.361. The minimum atomic E-state index is -0.540. The van der Waals surface area contributed by atoms with Crippen LogP contribution in [0, 0.1) is 11.6 Å². The van der Waals surface area contributed by atoms with E-state index in [0.29, 0.717) is 24.3 Å². The first kappa shape index (κ1) is 13.8. The molecule has 3 nitrogen and oxygen atoms in total. The van der Waals surface area contributed by atoms with Crippen LogP contribution in [0.2, 0.25) is 0 Å². The first-order valence-corrected chi connectivity index (χ1v) is 7.04. The molecule has 0 saturated carbocycles. The second-order valence-electron chi connectivity index (χ2n) is 5.53. The molecule has 0 aliphatic heterocycles. The largest absolute Gasteiger partial charge is 0.224 e. The Morgan fingerprint density at radius 3 is 2.67 bits per heavy atom. The molecule has 0 aliphatic carbocycles. The van der Waals surface area contributed by atoms with Gasteiger partial charge in [0, 0.05) is 24.4 Å². The maximum Gasteiger partial charge on any atom is 0.154 e. The summed E-state index contributed by atoms with van der Waals surface area (Å²) in [4.78, 5) is 0. The van der Waals surface area contributed by atoms with Crippen molar-refractivity contribution in [2.45, 2.75) is 32.6 Å². The van der Waals surface area contributed by atoms with Gasteiger partial charge < -0.3 is 0 Å². The Kier molecular flexibility index (Phi) is 3.49. The highest BCUT2D eigenvalue weighted by Crippen LogP contribution is 2.15. The number of aromatic nitrogens is 3. The van der Waals surface area contributed by atoms with Crippen molar-refractivity contribution in [3.05, 3.63) is 65.2 Å². The number of halogens is 2. The summed E-state index contributed by atoms with van der Waals surface area (Å²) in [5.41, 5.74) is 1.64. The van der Waals surface area contributed by atoms with E-state index in [9.17, 15) is 8.78 Å². The molecule has 0 spiro atoms. The van der Waals surface area contributed by atoms with Crippen molar-refractivity contribution in [2.75, 3.05) is 0 Å². The molecule has 0 radical (unpaired) electrons. The summed E-state index contributed by atoms with van der Waals surface area (Å²) >= 11 is 0. The molecule has 3 aromatic rings. The zero-order valence-corrected chi connectivity index (χ0v) is 12.1. The highest BCUT2D eigenvalue weighted by molar-refractivity contribution is 5.21. The lowest BCUT2D eigenvalue weighted by atomic mass is 10.1. The van der Waals surface area contributed by atoms with E-state index in [1.165, 1.54) is 12.1 Å². The Morgan fingerprint density at radius 2 is 1.95 bits per heavy atom. The Balaban J connectivity index is 1.77. The van der Waals surface area contributed by atoms with Gasteiger partial charge in [-0.15, -0.1) is 5.10 Å². The molecular formula is C16H17F2N3. The average molecular weight is 289 g/mol. The predicted molar refractivity (Wildman–Crippen MR) is 76.5 cm³/mol. The zero-order chi connectivity index (χ0) is 15.0. The molecule has 0 saturated heterocycles. The normalized spacial score (nSPS) is 11.7. The molecule has 0 amide bonds. The summed E-state index contributed by atoms with van der Waals surface area (Å²) in [5, 5.41) is 4.36. The Morgan fingerprint density at radius 1 is 1.14 bits per heavy atom. The third-order valence-corrected chi connectivity index (χ3v) is 3.58. The first-order chi connectivity index (χ1) is 10.0. The molecule has 0 unspecified atom stereocenters. The van der Waals surface area contributed by atoms with Gasteiger partial charge in [-0.05, 0) is 36.1 Å². The second-order valence-corrected chi connectivity index (χ2v) is 5.53. The highest BCUT2D eigenvalue weighted by atomic mass is 19.1. The summed E-state index contributed by atoms with van der Waals surface area (Å²) in [6, 6.07) is 5.71. The Bertz CT molecular complexity index is 771. The number of fused-ring (bicyclic) bond motifs is 1. The molecule has 2 aromatic heterocycles. The van der Waals surface area contributed by atoms with Gasteiger partial charge in [0.05, 0.1) is 0 Å². The third kappa shape index (κ3) is 2.68. The van der Waals surface area contributed by atoms with Crippen molar-refractivity contribution in [1.82, 2.24) is 14.2 Å². The molecule has 0 aliphatic rings. The van der Waals surface area contributed by atoms with Crippen LogP contribution in [0.1, 0.15) is 36.7 Å². The van der Waals surface area contributed by atoms with Crippen molar-refractivity contribution in [1.29, 1.82) is 0 Å². The quantitative estimate of drug-likeness (QED) is 0.719. The van der Waals surface area contributed by atoms with Gasteiger partial charge in [0.1, 0.15) is 11.6 Å². The number of benzene rings is 1. The SMILES string of the molecule is CC(C)c1nn2ccc(CCc3ccc(F)cc3F)cn12. The van der Waals surface area contributed by atoms with Crippen LogP contribution in [-0.2, 0) is 12.8 Å². The van der Waals surface area contributed by atoms with Crippen LogP contribution >= 0.6 is 0 Å². The molecule has 2 heterocycles. The van der Waals surface area contributed by atoms with Crippen molar-refractivity contribution in [3.8, 4) is 0 Å². The lowest BCUT2D eigenvalue weighted by molar-refractivity contribution is 0.495. The van der Waals surface area contributed by atoms with E-state index in [0.717, 1.165) is 17.5 Å². The van der Waals surface area contributed by atoms with Gasteiger partial charge in [0.2, 0.25) is 0 Å². The molecule has 0 atom stereocenters. The van der Waals surface area contributed by atoms with Crippen LogP contribution in [0.3, 0.4) is 0 Å². The van der Waals surface area contributed by atoms with Crippen LogP contribution in [-0.4, -0.2) is 14.2 Å². The fourth-order valence-corrected chi connectivity index (χ4v) is 2.39. The number of aryl methyl sites for hydroxylation is 2. The van der Waals surface area contributed by atoms with E-state index in [1.807, 2.05) is 23.0 Å². The fourth-order valence-electron chi connectivity index (χ4n) is 2.39. The maximum absolute atomic E-state index is 13.6. The predicted octanol–water partition coefficient (Wildman–Crippen LogP) is 3.62. The highest BCUT2D eigenvalue weighted by Gasteiger charge is 2.11. The van der Waals surface area contributed by atoms with Gasteiger partial charge in [-0.3, -0.25) is 0 Å². The van der Waals surface area contributed by atoms with Crippen molar-refractivity contribution in [3.63, 3.8) is 0 Å². The van der Waals surface area contributed by atoms with Crippen LogP contribution in [0.25, 0.3) is 0 Å². The minimum Gasteiger partial charge on any atom is -0.224 e. The smallest absolute Gasteiger partial charge is 0.154 e. The van der Waals surface area contributed by atoms with Crippen LogP contribution in [0.5, 0.6) is 0 Å². The molecule has 110 valence electrons. The van der Waals surface area contributed by atoms with E-state index < -0.39 is 11.6 Å². The van der Waals surface area contributed by atoms with Crippen LogP contribution < -0.4 is 0 Å². The molecule has 3 rings (SSSR count). The lowest BCUT2D eigenvalue weighted by Crippen LogP contribution is -2.21. The standard InChI is InChI=1S/C16H17F2N3/c1-11(2)16-19-21-8-7-12(10-20(16)21)3-4-13-5-6-14(17)9-15(13)18/h5-11H,3-4H2,1-2H3. The maximum atomic E-state index is 13.6. The molecule has 5 heteroatoms. The Hall–Kier alpha value is -2.17. The number of hydrogen-bond acceptors (Lipinski definition) is 1. The first-order valence-electron chi connectivity index (χ1n) is 7.04. The van der Waals surface area contributed by atoms with Crippen molar-refractivity contribution in [2.24, 2.45) is 0 Å². The van der Waals surface area contributed by atoms with Crippen molar-refractivity contribution >= 4 is 0 Å². The summed E-state index contributed by atoms with van der Waals surface area (Å²) in [6.07, 6.45) is 5.16. The number of hydrogen-bond donors (Lipinski definition) is 0. The van der Waals surface area contributed by atoms with E-state index in [1.54, 1.807) is 4.63 Å². The molecular weight excluding hydrogens is 272 g/mol. The van der Waals surface area contributed by atoms with E-state index >= 15 is 0 Å².